The zero-order valence-corrected chi connectivity index (χ0v) is 48.1. The van der Waals surface area contributed by atoms with Crippen LogP contribution in [0.15, 0.2) is 85.1 Å². The van der Waals surface area contributed by atoms with E-state index < -0.39 is 6.10 Å². The van der Waals surface area contributed by atoms with E-state index >= 15 is 0 Å². The Hall–Kier alpha value is -3.41. The number of allylic oxidation sites excluding steroid dienone is 14. The SMILES string of the molecule is CC/C=C\C/C=C\C/C=C\C/C=C\CCCCCCCCC(=O)OC(COC(=O)CCCCCCC/C=C\CCCC)COC(=O)CCCCCCCCCCCCCCC/C=C\C/C=C\CCCCCCC. The molecule has 0 spiro atoms. The molecule has 73 heavy (non-hydrogen) atoms. The quantitative estimate of drug-likeness (QED) is 0.0261. The van der Waals surface area contributed by atoms with Crippen LogP contribution in [0.25, 0.3) is 0 Å². The van der Waals surface area contributed by atoms with Gasteiger partial charge in [0, 0.05) is 19.3 Å². The Bertz CT molecular complexity index is 1400. The second-order valence-electron chi connectivity index (χ2n) is 20.6. The maximum atomic E-state index is 12.9. The number of carbonyl (C=O) groups excluding carboxylic acids is 3. The molecule has 0 amide bonds. The summed E-state index contributed by atoms with van der Waals surface area (Å²) in [6.45, 7) is 6.48. The van der Waals surface area contributed by atoms with Gasteiger partial charge in [0.05, 0.1) is 0 Å². The molecule has 0 heterocycles. The van der Waals surface area contributed by atoms with Gasteiger partial charge in [-0.2, -0.15) is 0 Å². The molecule has 0 bridgehead atoms. The van der Waals surface area contributed by atoms with Gasteiger partial charge in [-0.05, 0) is 109 Å². The van der Waals surface area contributed by atoms with Gasteiger partial charge in [-0.1, -0.05) is 260 Å². The Morgan fingerprint density at radius 2 is 0.548 bits per heavy atom. The minimum atomic E-state index is -0.788. The maximum Gasteiger partial charge on any atom is 0.306 e. The molecular weight excluding hydrogens is 901 g/mol. The molecule has 6 nitrogen and oxygen atoms in total. The number of hydrogen-bond donors (Lipinski definition) is 0. The summed E-state index contributed by atoms with van der Waals surface area (Å²) in [5.41, 5.74) is 0. The van der Waals surface area contributed by atoms with Gasteiger partial charge in [0.2, 0.25) is 0 Å². The van der Waals surface area contributed by atoms with Gasteiger partial charge in [-0.25, -0.2) is 0 Å². The predicted octanol–water partition coefficient (Wildman–Crippen LogP) is 21.1. The van der Waals surface area contributed by atoms with Gasteiger partial charge in [-0.15, -0.1) is 0 Å². The molecule has 0 aromatic heterocycles. The summed E-state index contributed by atoms with van der Waals surface area (Å²) in [5, 5.41) is 0. The maximum absolute atomic E-state index is 12.9. The molecule has 0 fully saturated rings. The first-order valence-electron chi connectivity index (χ1n) is 31.1. The molecular formula is C67H116O6. The van der Waals surface area contributed by atoms with Crippen molar-refractivity contribution in [1.29, 1.82) is 0 Å². The van der Waals surface area contributed by atoms with Crippen molar-refractivity contribution in [2.24, 2.45) is 0 Å². The van der Waals surface area contributed by atoms with E-state index in [1.807, 2.05) is 0 Å². The Balaban J connectivity index is 4.28. The standard InChI is InChI=1S/C67H116O6/c1-4-7-10-13-16-19-22-24-26-28-30-31-32-33-34-35-37-38-40-42-45-48-51-54-57-60-66(69)72-63-64(62-71-65(68)59-56-53-50-47-44-21-18-15-12-9-6-3)73-67(70)61-58-55-52-49-46-43-41-39-36-29-27-25-23-20-17-14-11-8-5-2/h8,11,15,17-18,20,22,24-25,27-28,30,36,39,64H,4-7,9-10,12-14,16,19,21,23,26,29,31-35,37-38,40-63H2,1-3H3/b11-8-,18-15-,20-17-,24-22-,27-25-,30-28-,39-36-. The minimum Gasteiger partial charge on any atom is -0.462 e. The predicted molar refractivity (Wildman–Crippen MR) is 316 cm³/mol. The van der Waals surface area contributed by atoms with E-state index in [2.05, 4.69) is 106 Å². The molecule has 0 saturated carbocycles. The normalized spacial score (nSPS) is 12.6. The van der Waals surface area contributed by atoms with Gasteiger partial charge in [0.1, 0.15) is 13.2 Å². The molecule has 0 saturated heterocycles. The number of esters is 3. The summed E-state index contributed by atoms with van der Waals surface area (Å²) in [4.78, 5) is 38.2. The summed E-state index contributed by atoms with van der Waals surface area (Å²) < 4.78 is 16.9. The molecule has 0 radical (unpaired) electrons. The monoisotopic (exact) mass is 1020 g/mol. The Morgan fingerprint density at radius 1 is 0.288 bits per heavy atom. The van der Waals surface area contributed by atoms with Crippen molar-refractivity contribution in [3.05, 3.63) is 85.1 Å². The van der Waals surface area contributed by atoms with Crippen molar-refractivity contribution in [1.82, 2.24) is 0 Å². The Morgan fingerprint density at radius 3 is 0.890 bits per heavy atom. The minimum absolute atomic E-state index is 0.0845. The first kappa shape index (κ1) is 69.6. The van der Waals surface area contributed by atoms with E-state index in [1.54, 1.807) is 0 Å². The van der Waals surface area contributed by atoms with Crippen LogP contribution >= 0.6 is 0 Å². The Labute approximate surface area is 452 Å². The third kappa shape index (κ3) is 59.3. The van der Waals surface area contributed by atoms with Crippen LogP contribution in [0, 0.1) is 0 Å². The van der Waals surface area contributed by atoms with Gasteiger partial charge in [-0.3, -0.25) is 14.4 Å². The molecule has 0 N–H and O–H groups in total. The van der Waals surface area contributed by atoms with Crippen LogP contribution in [0.1, 0.15) is 303 Å². The van der Waals surface area contributed by atoms with Gasteiger partial charge >= 0.3 is 17.9 Å². The van der Waals surface area contributed by atoms with Gasteiger partial charge in [0.15, 0.2) is 6.10 Å². The molecule has 0 aromatic rings. The largest absolute Gasteiger partial charge is 0.462 e. The fraction of sp³-hybridized carbons (Fsp3) is 0.746. The number of ether oxygens (including phenoxy) is 3. The smallest absolute Gasteiger partial charge is 0.306 e. The molecule has 0 rings (SSSR count). The summed E-state index contributed by atoms with van der Waals surface area (Å²) >= 11 is 0. The van der Waals surface area contributed by atoms with Crippen LogP contribution in [0.4, 0.5) is 0 Å². The molecule has 0 aliphatic rings. The molecule has 1 atom stereocenters. The lowest BCUT2D eigenvalue weighted by molar-refractivity contribution is -0.167. The highest BCUT2D eigenvalue weighted by Gasteiger charge is 2.19. The van der Waals surface area contributed by atoms with E-state index in [-0.39, 0.29) is 31.1 Å². The topological polar surface area (TPSA) is 78.9 Å². The van der Waals surface area contributed by atoms with E-state index in [1.165, 1.54) is 154 Å². The average Bonchev–Trinajstić information content (AvgIpc) is 3.39. The third-order valence-electron chi connectivity index (χ3n) is 13.4. The highest BCUT2D eigenvalue weighted by atomic mass is 16.6. The molecule has 0 aliphatic heterocycles. The van der Waals surface area contributed by atoms with Crippen molar-refractivity contribution in [2.45, 2.75) is 309 Å². The zero-order chi connectivity index (χ0) is 52.9. The van der Waals surface area contributed by atoms with Crippen LogP contribution in [-0.4, -0.2) is 37.2 Å². The number of unbranched alkanes of at least 4 members (excludes halogenated alkanes) is 31. The van der Waals surface area contributed by atoms with Gasteiger partial charge in [0.25, 0.3) is 0 Å². The van der Waals surface area contributed by atoms with Crippen LogP contribution in [0.5, 0.6) is 0 Å². The first-order valence-corrected chi connectivity index (χ1v) is 31.1. The molecule has 420 valence electrons. The van der Waals surface area contributed by atoms with Crippen molar-refractivity contribution in [2.75, 3.05) is 13.2 Å². The van der Waals surface area contributed by atoms with E-state index in [9.17, 15) is 14.4 Å². The third-order valence-corrected chi connectivity index (χ3v) is 13.4. The average molecular weight is 1020 g/mol. The fourth-order valence-corrected chi connectivity index (χ4v) is 8.68. The van der Waals surface area contributed by atoms with Crippen molar-refractivity contribution in [3.63, 3.8) is 0 Å². The molecule has 1 unspecified atom stereocenters. The molecule has 0 aliphatic carbocycles. The van der Waals surface area contributed by atoms with Crippen molar-refractivity contribution < 1.29 is 28.6 Å². The van der Waals surface area contributed by atoms with E-state index in [0.29, 0.717) is 19.3 Å². The highest BCUT2D eigenvalue weighted by molar-refractivity contribution is 5.71. The summed E-state index contributed by atoms with van der Waals surface area (Å²) in [6.07, 6.45) is 80.2. The second-order valence-corrected chi connectivity index (χ2v) is 20.6. The van der Waals surface area contributed by atoms with Crippen molar-refractivity contribution >= 4 is 17.9 Å². The van der Waals surface area contributed by atoms with Crippen LogP contribution in [-0.2, 0) is 28.6 Å². The lowest BCUT2D eigenvalue weighted by atomic mass is 10.0. The number of rotatable bonds is 56. The van der Waals surface area contributed by atoms with Crippen LogP contribution in [0.3, 0.4) is 0 Å². The summed E-state index contributed by atoms with van der Waals surface area (Å²) in [7, 11) is 0. The van der Waals surface area contributed by atoms with Gasteiger partial charge < -0.3 is 14.2 Å². The number of hydrogen-bond acceptors (Lipinski definition) is 6. The lowest BCUT2D eigenvalue weighted by Gasteiger charge is -2.18. The zero-order valence-electron chi connectivity index (χ0n) is 48.1. The molecule has 0 aromatic carbocycles. The second kappa shape index (κ2) is 61.1. The highest BCUT2D eigenvalue weighted by Crippen LogP contribution is 2.16. The van der Waals surface area contributed by atoms with Crippen LogP contribution in [0.2, 0.25) is 0 Å². The summed E-state index contributed by atoms with van der Waals surface area (Å²) in [5.74, 6) is -0.901. The van der Waals surface area contributed by atoms with E-state index in [4.69, 9.17) is 14.2 Å². The molecule has 6 heteroatoms. The number of carbonyl (C=O) groups is 3. The van der Waals surface area contributed by atoms with Crippen LogP contribution < -0.4 is 0 Å². The van der Waals surface area contributed by atoms with E-state index in [0.717, 1.165) is 109 Å². The first-order chi connectivity index (χ1) is 36.0. The fourth-order valence-electron chi connectivity index (χ4n) is 8.68. The summed E-state index contributed by atoms with van der Waals surface area (Å²) in [6, 6.07) is 0. The van der Waals surface area contributed by atoms with Crippen molar-refractivity contribution in [3.8, 4) is 0 Å². The lowest BCUT2D eigenvalue weighted by Crippen LogP contribution is -2.30. The Kier molecular flexibility index (Phi) is 58.3.